The van der Waals surface area contributed by atoms with Gasteiger partial charge in [-0.3, -0.25) is 4.68 Å². The zero-order chi connectivity index (χ0) is 21.8. The second-order valence-corrected chi connectivity index (χ2v) is 8.20. The number of alkyl halides is 3. The summed E-state index contributed by atoms with van der Waals surface area (Å²) in [6.07, 6.45) is -4.30. The molecule has 11 heteroatoms. The molecule has 0 aliphatic carbocycles. The fraction of sp³-hybridized carbons (Fsp3) is 0.444. The maximum Gasteiger partial charge on any atom is 0.490 e. The SMILES string of the molecule is Cc1nn(C)c2c1C(c1ccc(Cl)cc1)SC(CCO)CN2.O=C(O)C(F)(F)F. The molecule has 0 saturated carbocycles. The molecule has 29 heavy (non-hydrogen) atoms. The summed E-state index contributed by atoms with van der Waals surface area (Å²) in [6, 6.07) is 8.03. The van der Waals surface area contributed by atoms with Crippen LogP contribution in [0.1, 0.15) is 28.5 Å². The Labute approximate surface area is 175 Å². The number of benzene rings is 1. The van der Waals surface area contributed by atoms with E-state index in [2.05, 4.69) is 29.5 Å². The van der Waals surface area contributed by atoms with Crippen LogP contribution >= 0.6 is 23.4 Å². The minimum atomic E-state index is -5.08. The monoisotopic (exact) mass is 451 g/mol. The number of carboxylic acid groups (broad SMARTS) is 1. The number of anilines is 1. The number of thioether (sulfide) groups is 1. The first kappa shape index (κ1) is 23.4. The van der Waals surface area contributed by atoms with E-state index in [0.29, 0.717) is 5.25 Å². The lowest BCUT2D eigenvalue weighted by molar-refractivity contribution is -0.192. The zero-order valence-electron chi connectivity index (χ0n) is 15.7. The molecule has 1 aromatic carbocycles. The molecule has 160 valence electrons. The highest BCUT2D eigenvalue weighted by Crippen LogP contribution is 2.45. The van der Waals surface area contributed by atoms with Gasteiger partial charge in [0.25, 0.3) is 0 Å². The van der Waals surface area contributed by atoms with E-state index in [0.717, 1.165) is 29.5 Å². The Bertz CT molecular complexity index is 843. The van der Waals surface area contributed by atoms with E-state index in [1.165, 1.54) is 11.1 Å². The van der Waals surface area contributed by atoms with Gasteiger partial charge in [-0.05, 0) is 31.0 Å². The normalized spacial score (nSPS) is 18.7. The number of nitrogens with zero attached hydrogens (tertiary/aromatic N) is 2. The minimum Gasteiger partial charge on any atom is -0.475 e. The van der Waals surface area contributed by atoms with Crippen LogP contribution < -0.4 is 5.32 Å². The number of aliphatic carboxylic acids is 1. The molecule has 2 aromatic rings. The number of carboxylic acids is 1. The average Bonchev–Trinajstić information content (AvgIpc) is 2.79. The number of aliphatic hydroxyl groups excluding tert-OH is 1. The topological polar surface area (TPSA) is 87.4 Å². The predicted molar refractivity (Wildman–Crippen MR) is 107 cm³/mol. The second kappa shape index (κ2) is 9.73. The molecule has 0 spiro atoms. The first-order valence-electron chi connectivity index (χ1n) is 8.63. The molecule has 3 rings (SSSR count). The van der Waals surface area contributed by atoms with Crippen molar-refractivity contribution in [2.45, 2.75) is 30.0 Å². The van der Waals surface area contributed by atoms with Crippen LogP contribution in [-0.2, 0) is 11.8 Å². The fourth-order valence-electron chi connectivity index (χ4n) is 2.91. The molecule has 3 N–H and O–H groups in total. The smallest absolute Gasteiger partial charge is 0.475 e. The van der Waals surface area contributed by atoms with Crippen molar-refractivity contribution in [3.8, 4) is 0 Å². The number of aromatic nitrogens is 2. The molecule has 2 heterocycles. The summed E-state index contributed by atoms with van der Waals surface area (Å²) in [7, 11) is 1.97. The minimum absolute atomic E-state index is 0.201. The number of rotatable bonds is 3. The van der Waals surface area contributed by atoms with Gasteiger partial charge in [0.15, 0.2) is 0 Å². The van der Waals surface area contributed by atoms with Gasteiger partial charge in [0.2, 0.25) is 0 Å². The Morgan fingerprint density at radius 2 is 1.97 bits per heavy atom. The Kier molecular flexibility index (Phi) is 7.84. The van der Waals surface area contributed by atoms with Crippen molar-refractivity contribution >= 4 is 35.1 Å². The van der Waals surface area contributed by atoms with Crippen molar-refractivity contribution in [1.29, 1.82) is 0 Å². The van der Waals surface area contributed by atoms with Gasteiger partial charge < -0.3 is 15.5 Å². The van der Waals surface area contributed by atoms with Gasteiger partial charge in [-0.25, -0.2) is 4.79 Å². The van der Waals surface area contributed by atoms with Crippen molar-refractivity contribution in [2.75, 3.05) is 18.5 Å². The molecule has 2 atom stereocenters. The van der Waals surface area contributed by atoms with Crippen LogP contribution in [0.2, 0.25) is 5.02 Å². The van der Waals surface area contributed by atoms with Gasteiger partial charge in [0.05, 0.1) is 10.9 Å². The molecule has 2 unspecified atom stereocenters. The van der Waals surface area contributed by atoms with Gasteiger partial charge >= 0.3 is 12.1 Å². The zero-order valence-corrected chi connectivity index (χ0v) is 17.3. The van der Waals surface area contributed by atoms with Crippen molar-refractivity contribution in [1.82, 2.24) is 9.78 Å². The number of aliphatic hydroxyl groups is 1. The highest BCUT2D eigenvalue weighted by atomic mass is 35.5. The van der Waals surface area contributed by atoms with Crippen LogP contribution in [0.5, 0.6) is 0 Å². The van der Waals surface area contributed by atoms with Crippen LogP contribution in [0, 0.1) is 6.92 Å². The number of halogens is 4. The fourth-order valence-corrected chi connectivity index (χ4v) is 4.58. The standard InChI is InChI=1S/C16H20ClN3OS.C2HF3O2/c1-10-14-15(11-3-5-12(17)6-4-11)22-13(7-8-21)9-18-16(14)20(2)19-10;3-2(4,5)1(6)7/h3-6,13,15,18,21H,7-9H2,1-2H3;(H,6,7). The van der Waals surface area contributed by atoms with Crippen LogP contribution in [0.25, 0.3) is 0 Å². The number of carbonyl (C=O) groups is 1. The lowest BCUT2D eigenvalue weighted by Gasteiger charge is -2.20. The predicted octanol–water partition coefficient (Wildman–Crippen LogP) is 4.01. The van der Waals surface area contributed by atoms with Gasteiger partial charge in [0, 0.05) is 36.0 Å². The third-order valence-corrected chi connectivity index (χ3v) is 6.04. The van der Waals surface area contributed by atoms with E-state index in [9.17, 15) is 18.3 Å². The molecule has 0 fully saturated rings. The quantitative estimate of drug-likeness (QED) is 0.653. The first-order valence-corrected chi connectivity index (χ1v) is 9.96. The molecule has 1 aromatic heterocycles. The summed E-state index contributed by atoms with van der Waals surface area (Å²) in [5.41, 5.74) is 3.50. The number of nitrogens with one attached hydrogen (secondary N) is 1. The molecule has 0 saturated heterocycles. The van der Waals surface area contributed by atoms with Crippen LogP contribution in [0.15, 0.2) is 24.3 Å². The molecule has 0 amide bonds. The summed E-state index contributed by atoms with van der Waals surface area (Å²) in [6.45, 7) is 3.10. The Hall–Kier alpha value is -1.91. The second-order valence-electron chi connectivity index (χ2n) is 6.36. The summed E-state index contributed by atoms with van der Waals surface area (Å²) in [5, 5.41) is 25.8. The van der Waals surface area contributed by atoms with Gasteiger partial charge in [0.1, 0.15) is 5.82 Å². The average molecular weight is 452 g/mol. The van der Waals surface area contributed by atoms with E-state index < -0.39 is 12.1 Å². The van der Waals surface area contributed by atoms with Gasteiger partial charge in [-0.2, -0.15) is 18.3 Å². The maximum atomic E-state index is 10.6. The molecule has 1 aliphatic heterocycles. The van der Waals surface area contributed by atoms with E-state index in [-0.39, 0.29) is 11.9 Å². The Morgan fingerprint density at radius 3 is 2.48 bits per heavy atom. The molecule has 0 radical (unpaired) electrons. The Morgan fingerprint density at radius 1 is 1.38 bits per heavy atom. The molecule has 0 bridgehead atoms. The number of aryl methyl sites for hydroxylation is 2. The number of hydrogen-bond acceptors (Lipinski definition) is 5. The highest BCUT2D eigenvalue weighted by molar-refractivity contribution is 8.00. The molecular weight excluding hydrogens is 431 g/mol. The summed E-state index contributed by atoms with van der Waals surface area (Å²) >= 11 is 7.92. The molecule has 1 aliphatic rings. The first-order chi connectivity index (χ1) is 13.5. The molecular formula is C18H21ClF3N3O3S. The number of fused-ring (bicyclic) bond motifs is 1. The highest BCUT2D eigenvalue weighted by Gasteiger charge is 2.38. The van der Waals surface area contributed by atoms with E-state index in [1.54, 1.807) is 0 Å². The summed E-state index contributed by atoms with van der Waals surface area (Å²) in [5.74, 6) is -1.68. The van der Waals surface area contributed by atoms with E-state index >= 15 is 0 Å². The van der Waals surface area contributed by atoms with Crippen molar-refractivity contribution in [3.05, 3.63) is 46.1 Å². The maximum absolute atomic E-state index is 10.6. The molecule has 6 nitrogen and oxygen atoms in total. The van der Waals surface area contributed by atoms with Gasteiger partial charge in [-0.15, -0.1) is 11.8 Å². The number of hydrogen-bond donors (Lipinski definition) is 3. The summed E-state index contributed by atoms with van der Waals surface area (Å²) < 4.78 is 33.6. The van der Waals surface area contributed by atoms with Crippen LogP contribution in [0.4, 0.5) is 19.0 Å². The van der Waals surface area contributed by atoms with Crippen molar-refractivity contribution < 1.29 is 28.2 Å². The third kappa shape index (κ3) is 6.03. The lowest BCUT2D eigenvalue weighted by atomic mass is 10.0. The Balaban J connectivity index is 0.000000370. The van der Waals surface area contributed by atoms with E-state index in [4.69, 9.17) is 21.5 Å². The van der Waals surface area contributed by atoms with Crippen LogP contribution in [0.3, 0.4) is 0 Å². The van der Waals surface area contributed by atoms with Crippen molar-refractivity contribution in [3.63, 3.8) is 0 Å². The van der Waals surface area contributed by atoms with Crippen molar-refractivity contribution in [2.24, 2.45) is 7.05 Å². The van der Waals surface area contributed by atoms with Gasteiger partial charge in [-0.1, -0.05) is 23.7 Å². The van der Waals surface area contributed by atoms with Crippen LogP contribution in [-0.4, -0.2) is 50.5 Å². The lowest BCUT2D eigenvalue weighted by Crippen LogP contribution is -2.21. The third-order valence-electron chi connectivity index (χ3n) is 4.22. The summed E-state index contributed by atoms with van der Waals surface area (Å²) in [4.78, 5) is 8.90. The van der Waals surface area contributed by atoms with E-state index in [1.807, 2.05) is 35.6 Å². The largest absolute Gasteiger partial charge is 0.490 e.